The molecule has 1 heterocycles. The van der Waals surface area contributed by atoms with Crippen molar-refractivity contribution >= 4 is 52.2 Å². The van der Waals surface area contributed by atoms with Gasteiger partial charge < -0.3 is 0 Å². The number of amides is 2. The van der Waals surface area contributed by atoms with E-state index in [-0.39, 0.29) is 11.1 Å². The molecule has 0 aliphatic carbocycles. The van der Waals surface area contributed by atoms with Crippen molar-refractivity contribution in [1.82, 2.24) is 9.80 Å². The average molecular weight is 387 g/mol. The topological polar surface area (TPSA) is 40.6 Å². The summed E-state index contributed by atoms with van der Waals surface area (Å²) in [5.74, 6) is -0.270. The Balaban J connectivity index is 2.17. The van der Waals surface area contributed by atoms with Crippen molar-refractivity contribution in [3.63, 3.8) is 0 Å². The number of carbonyl (C=O) groups excluding carboxylic acids is 2. The third-order valence-corrected chi connectivity index (χ3v) is 5.01. The van der Waals surface area contributed by atoms with Crippen LogP contribution in [-0.4, -0.2) is 40.7 Å². The first-order chi connectivity index (χ1) is 11.5. The van der Waals surface area contributed by atoms with E-state index in [4.69, 9.17) is 23.2 Å². The molecule has 0 radical (unpaired) electrons. The van der Waals surface area contributed by atoms with Gasteiger partial charge in [0.1, 0.15) is 0 Å². The Bertz CT molecular complexity index is 658. The summed E-state index contributed by atoms with van der Waals surface area (Å²) in [6, 6.07) is 5.05. The number of rotatable bonds is 7. The molecule has 0 saturated carbocycles. The predicted octanol–water partition coefficient (Wildman–Crippen LogP) is 5.11. The van der Waals surface area contributed by atoms with Gasteiger partial charge >= 0.3 is 0 Å². The van der Waals surface area contributed by atoms with E-state index in [1.54, 1.807) is 24.3 Å². The molecule has 1 aliphatic heterocycles. The third kappa shape index (κ3) is 4.76. The number of carbonyl (C=O) groups is 2. The standard InChI is InChI=1S/C17H20Cl2N2O2S/c1-3-7-20(8-4-2)11-21-16(22)15(24-17(21)23)9-12-5-6-13(18)10-14(12)19/h5-6,9-10H,3-4,7-8,11H2,1-2H3. The van der Waals surface area contributed by atoms with Gasteiger partial charge in [0.15, 0.2) is 0 Å². The number of hydrogen-bond donors (Lipinski definition) is 0. The van der Waals surface area contributed by atoms with Gasteiger partial charge in [-0.3, -0.25) is 19.4 Å². The second-order valence-electron chi connectivity index (χ2n) is 5.54. The zero-order chi connectivity index (χ0) is 17.7. The van der Waals surface area contributed by atoms with Gasteiger partial charge in [-0.2, -0.15) is 0 Å². The lowest BCUT2D eigenvalue weighted by atomic mass is 10.2. The molecular weight excluding hydrogens is 367 g/mol. The van der Waals surface area contributed by atoms with Crippen LogP contribution in [0.3, 0.4) is 0 Å². The molecule has 7 heteroatoms. The van der Waals surface area contributed by atoms with Gasteiger partial charge in [0.25, 0.3) is 11.1 Å². The van der Waals surface area contributed by atoms with Crippen molar-refractivity contribution in [3.05, 3.63) is 38.7 Å². The molecule has 0 unspecified atom stereocenters. The smallest absolute Gasteiger partial charge is 0.286 e. The zero-order valence-corrected chi connectivity index (χ0v) is 16.0. The predicted molar refractivity (Wildman–Crippen MR) is 101 cm³/mol. The number of thioether (sulfide) groups is 1. The lowest BCUT2D eigenvalue weighted by molar-refractivity contribution is -0.124. The molecule has 1 saturated heterocycles. The van der Waals surface area contributed by atoms with E-state index in [1.165, 1.54) is 4.90 Å². The summed E-state index contributed by atoms with van der Waals surface area (Å²) >= 11 is 13.0. The van der Waals surface area contributed by atoms with Crippen LogP contribution in [0.1, 0.15) is 32.3 Å². The van der Waals surface area contributed by atoms with Crippen molar-refractivity contribution in [1.29, 1.82) is 0 Å². The van der Waals surface area contributed by atoms with Crippen molar-refractivity contribution in [2.24, 2.45) is 0 Å². The number of benzene rings is 1. The van der Waals surface area contributed by atoms with Gasteiger partial charge in [0.05, 0.1) is 11.6 Å². The van der Waals surface area contributed by atoms with E-state index in [0.717, 1.165) is 37.7 Å². The van der Waals surface area contributed by atoms with Crippen LogP contribution in [0.15, 0.2) is 23.1 Å². The maximum atomic E-state index is 12.6. The van der Waals surface area contributed by atoms with E-state index < -0.39 is 0 Å². The highest BCUT2D eigenvalue weighted by Gasteiger charge is 2.35. The Labute approximate surface area is 156 Å². The minimum atomic E-state index is -0.270. The fourth-order valence-corrected chi connectivity index (χ4v) is 3.75. The van der Waals surface area contributed by atoms with Crippen molar-refractivity contribution in [3.8, 4) is 0 Å². The maximum absolute atomic E-state index is 12.6. The SMILES string of the molecule is CCCN(CCC)CN1C(=O)SC(=Cc2ccc(Cl)cc2Cl)C1=O. The average Bonchev–Trinajstić information content (AvgIpc) is 2.78. The Kier molecular flexibility index (Phi) is 7.16. The summed E-state index contributed by atoms with van der Waals surface area (Å²) in [6.07, 6.45) is 3.60. The Hall–Kier alpha value is -1.01. The number of imide groups is 1. The normalized spacial score (nSPS) is 16.7. The van der Waals surface area contributed by atoms with Gasteiger partial charge in [0.2, 0.25) is 0 Å². The van der Waals surface area contributed by atoms with Gasteiger partial charge in [0, 0.05) is 10.0 Å². The monoisotopic (exact) mass is 386 g/mol. The molecule has 0 N–H and O–H groups in total. The van der Waals surface area contributed by atoms with Crippen molar-refractivity contribution in [2.45, 2.75) is 26.7 Å². The van der Waals surface area contributed by atoms with Gasteiger partial charge in [-0.05, 0) is 61.5 Å². The number of nitrogens with zero attached hydrogens (tertiary/aromatic N) is 2. The lowest BCUT2D eigenvalue weighted by Gasteiger charge is -2.25. The molecule has 2 rings (SSSR count). The molecule has 1 aliphatic rings. The van der Waals surface area contributed by atoms with Crippen LogP contribution in [0.2, 0.25) is 10.0 Å². The van der Waals surface area contributed by atoms with E-state index in [9.17, 15) is 9.59 Å². The quantitative estimate of drug-likeness (QED) is 0.610. The minimum absolute atomic E-state index is 0.242. The lowest BCUT2D eigenvalue weighted by Crippen LogP contribution is -2.41. The van der Waals surface area contributed by atoms with E-state index in [2.05, 4.69) is 18.7 Å². The largest absolute Gasteiger partial charge is 0.294 e. The van der Waals surface area contributed by atoms with Crippen molar-refractivity contribution < 1.29 is 9.59 Å². The number of halogens is 2. The van der Waals surface area contributed by atoms with Crippen LogP contribution in [-0.2, 0) is 4.79 Å². The summed E-state index contributed by atoms with van der Waals surface area (Å²) in [5.41, 5.74) is 0.672. The Morgan fingerprint density at radius 2 is 1.83 bits per heavy atom. The first-order valence-corrected chi connectivity index (χ1v) is 9.46. The second kappa shape index (κ2) is 8.90. The molecular formula is C17H20Cl2N2O2S. The first-order valence-electron chi connectivity index (χ1n) is 7.89. The van der Waals surface area contributed by atoms with Crippen LogP contribution in [0, 0.1) is 0 Å². The highest BCUT2D eigenvalue weighted by Crippen LogP contribution is 2.34. The van der Waals surface area contributed by atoms with Crippen LogP contribution in [0.25, 0.3) is 6.08 Å². The minimum Gasteiger partial charge on any atom is -0.286 e. The summed E-state index contributed by atoms with van der Waals surface area (Å²) in [6.45, 7) is 6.21. The molecule has 0 aromatic heterocycles. The van der Waals surface area contributed by atoms with Crippen molar-refractivity contribution in [2.75, 3.05) is 19.8 Å². The first kappa shape index (κ1) is 19.3. The second-order valence-corrected chi connectivity index (χ2v) is 7.37. The molecule has 2 amide bonds. The molecule has 130 valence electrons. The third-order valence-electron chi connectivity index (χ3n) is 3.54. The summed E-state index contributed by atoms with van der Waals surface area (Å²) in [5, 5.41) is 0.737. The molecule has 0 atom stereocenters. The van der Waals surface area contributed by atoms with Crippen LogP contribution >= 0.6 is 35.0 Å². The highest BCUT2D eigenvalue weighted by molar-refractivity contribution is 8.18. The molecule has 1 fully saturated rings. The van der Waals surface area contributed by atoms with E-state index in [0.29, 0.717) is 27.2 Å². The highest BCUT2D eigenvalue weighted by atomic mass is 35.5. The maximum Gasteiger partial charge on any atom is 0.294 e. The van der Waals surface area contributed by atoms with Gasteiger partial charge in [-0.15, -0.1) is 0 Å². The van der Waals surface area contributed by atoms with E-state index >= 15 is 0 Å². The summed E-state index contributed by atoms with van der Waals surface area (Å²) < 4.78 is 0. The molecule has 0 spiro atoms. The molecule has 1 aromatic rings. The van der Waals surface area contributed by atoms with Crippen LogP contribution < -0.4 is 0 Å². The van der Waals surface area contributed by atoms with Gasteiger partial charge in [-0.25, -0.2) is 0 Å². The summed E-state index contributed by atoms with van der Waals surface area (Å²) in [4.78, 5) is 28.6. The fourth-order valence-electron chi connectivity index (χ4n) is 2.47. The van der Waals surface area contributed by atoms with Crippen LogP contribution in [0.4, 0.5) is 4.79 Å². The molecule has 1 aromatic carbocycles. The summed E-state index contributed by atoms with van der Waals surface area (Å²) in [7, 11) is 0. The Morgan fingerprint density at radius 1 is 1.17 bits per heavy atom. The molecule has 24 heavy (non-hydrogen) atoms. The van der Waals surface area contributed by atoms with Gasteiger partial charge in [-0.1, -0.05) is 43.1 Å². The van der Waals surface area contributed by atoms with E-state index in [1.807, 2.05) is 0 Å². The molecule has 4 nitrogen and oxygen atoms in total. The zero-order valence-electron chi connectivity index (χ0n) is 13.7. The number of hydrogen-bond acceptors (Lipinski definition) is 4. The molecule has 0 bridgehead atoms. The fraction of sp³-hybridized carbons (Fsp3) is 0.412. The van der Waals surface area contributed by atoms with Crippen LogP contribution in [0.5, 0.6) is 0 Å². The Morgan fingerprint density at radius 3 is 2.42 bits per heavy atom.